The summed E-state index contributed by atoms with van der Waals surface area (Å²) in [5.41, 5.74) is 0. The third kappa shape index (κ3) is 3.24. The molecule has 2 aliphatic rings. The molecule has 2 rings (SSSR count). The molecule has 1 aliphatic heterocycles. The highest BCUT2D eigenvalue weighted by atomic mass is 16.5. The Morgan fingerprint density at radius 1 is 1.39 bits per heavy atom. The lowest BCUT2D eigenvalue weighted by molar-refractivity contribution is -0.0496. The summed E-state index contributed by atoms with van der Waals surface area (Å²) in [7, 11) is 0. The number of hydrogen-bond donors (Lipinski definition) is 0. The van der Waals surface area contributed by atoms with E-state index in [1.165, 1.54) is 25.7 Å². The fourth-order valence-corrected chi connectivity index (χ4v) is 3.60. The predicted octanol–water partition coefficient (Wildman–Crippen LogP) is 2.82. The minimum absolute atomic E-state index is 0.239. The molecule has 0 amide bonds. The van der Waals surface area contributed by atoms with Crippen LogP contribution in [0.3, 0.4) is 0 Å². The summed E-state index contributed by atoms with van der Waals surface area (Å²) in [6.45, 7) is 7.24. The molecular weight excluding hydrogens is 224 g/mol. The maximum atomic E-state index is 9.37. The molecule has 18 heavy (non-hydrogen) atoms. The molecule has 0 N–H and O–H groups in total. The van der Waals surface area contributed by atoms with E-state index in [4.69, 9.17) is 4.74 Å². The number of morpholine rings is 1. The van der Waals surface area contributed by atoms with Crippen molar-refractivity contribution in [2.45, 2.75) is 58.1 Å². The first-order valence-electron chi connectivity index (χ1n) is 7.49. The van der Waals surface area contributed by atoms with Gasteiger partial charge < -0.3 is 4.74 Å². The molecule has 0 aromatic rings. The second-order valence-electron chi connectivity index (χ2n) is 5.95. The number of ether oxygens (including phenoxy) is 1. The van der Waals surface area contributed by atoms with Crippen molar-refractivity contribution in [3.63, 3.8) is 0 Å². The summed E-state index contributed by atoms with van der Waals surface area (Å²) in [5.74, 6) is 1.08. The molecule has 102 valence electrons. The standard InChI is InChI=1S/C15H26N2O/c1-3-4-13-5-6-14(10-16)15(9-13)17-7-8-18-12(2)11-17/h12-15H,3-9,11H2,1-2H3. The van der Waals surface area contributed by atoms with Crippen LogP contribution in [0.2, 0.25) is 0 Å². The van der Waals surface area contributed by atoms with Gasteiger partial charge >= 0.3 is 0 Å². The van der Waals surface area contributed by atoms with Crippen molar-refractivity contribution in [3.05, 3.63) is 0 Å². The van der Waals surface area contributed by atoms with Crippen molar-refractivity contribution >= 4 is 0 Å². The largest absolute Gasteiger partial charge is 0.376 e. The zero-order valence-electron chi connectivity index (χ0n) is 11.8. The second-order valence-corrected chi connectivity index (χ2v) is 5.95. The normalized spacial score (nSPS) is 38.3. The smallest absolute Gasteiger partial charge is 0.0674 e. The van der Waals surface area contributed by atoms with Gasteiger partial charge in [-0.25, -0.2) is 0 Å². The van der Waals surface area contributed by atoms with Crippen LogP contribution in [0.1, 0.15) is 46.0 Å². The van der Waals surface area contributed by atoms with E-state index < -0.39 is 0 Å². The van der Waals surface area contributed by atoms with Crippen molar-refractivity contribution < 1.29 is 4.74 Å². The van der Waals surface area contributed by atoms with Crippen LogP contribution in [0.4, 0.5) is 0 Å². The monoisotopic (exact) mass is 250 g/mol. The Morgan fingerprint density at radius 3 is 2.89 bits per heavy atom. The molecule has 4 atom stereocenters. The van der Waals surface area contributed by atoms with Crippen LogP contribution in [0.5, 0.6) is 0 Å². The number of rotatable bonds is 3. The summed E-state index contributed by atoms with van der Waals surface area (Å²) in [5, 5.41) is 9.37. The van der Waals surface area contributed by atoms with Crippen molar-refractivity contribution in [2.24, 2.45) is 11.8 Å². The maximum Gasteiger partial charge on any atom is 0.0674 e. The lowest BCUT2D eigenvalue weighted by Gasteiger charge is -2.43. The number of hydrogen-bond acceptors (Lipinski definition) is 3. The lowest BCUT2D eigenvalue weighted by Crippen LogP contribution is -2.51. The molecule has 1 saturated carbocycles. The fraction of sp³-hybridized carbons (Fsp3) is 0.933. The minimum atomic E-state index is 0.239. The summed E-state index contributed by atoms with van der Waals surface area (Å²) in [6.07, 6.45) is 6.49. The van der Waals surface area contributed by atoms with Crippen LogP contribution >= 0.6 is 0 Å². The average molecular weight is 250 g/mol. The third-order valence-corrected chi connectivity index (χ3v) is 4.53. The maximum absolute atomic E-state index is 9.37. The van der Waals surface area contributed by atoms with E-state index in [1.54, 1.807) is 0 Å². The van der Waals surface area contributed by atoms with Gasteiger partial charge in [0.15, 0.2) is 0 Å². The zero-order chi connectivity index (χ0) is 13.0. The molecule has 0 aromatic heterocycles. The Labute approximate surface area is 111 Å². The van der Waals surface area contributed by atoms with Crippen molar-refractivity contribution in [3.8, 4) is 6.07 Å². The highest BCUT2D eigenvalue weighted by Crippen LogP contribution is 2.35. The molecule has 2 fully saturated rings. The molecule has 0 radical (unpaired) electrons. The van der Waals surface area contributed by atoms with Gasteiger partial charge in [0.1, 0.15) is 0 Å². The van der Waals surface area contributed by atoms with Gasteiger partial charge in [-0.1, -0.05) is 19.8 Å². The Kier molecular flexibility index (Phi) is 5.03. The lowest BCUT2D eigenvalue weighted by atomic mass is 9.76. The number of nitrogens with zero attached hydrogens (tertiary/aromatic N) is 2. The van der Waals surface area contributed by atoms with Crippen LogP contribution in [0, 0.1) is 23.2 Å². The molecule has 3 heteroatoms. The van der Waals surface area contributed by atoms with Gasteiger partial charge in [0, 0.05) is 19.1 Å². The van der Waals surface area contributed by atoms with Gasteiger partial charge in [-0.2, -0.15) is 5.26 Å². The van der Waals surface area contributed by atoms with Crippen LogP contribution in [0.15, 0.2) is 0 Å². The fourth-order valence-electron chi connectivity index (χ4n) is 3.60. The van der Waals surface area contributed by atoms with Crippen LogP contribution in [-0.4, -0.2) is 36.7 Å². The van der Waals surface area contributed by atoms with Gasteiger partial charge in [0.25, 0.3) is 0 Å². The Hall–Kier alpha value is -0.590. The molecule has 4 unspecified atom stereocenters. The van der Waals surface area contributed by atoms with E-state index in [2.05, 4.69) is 24.8 Å². The Morgan fingerprint density at radius 2 is 2.22 bits per heavy atom. The molecule has 1 heterocycles. The van der Waals surface area contributed by atoms with Crippen LogP contribution < -0.4 is 0 Å². The zero-order valence-corrected chi connectivity index (χ0v) is 11.8. The van der Waals surface area contributed by atoms with Crippen molar-refractivity contribution in [2.75, 3.05) is 19.7 Å². The molecule has 1 aliphatic carbocycles. The molecule has 1 saturated heterocycles. The highest BCUT2D eigenvalue weighted by molar-refractivity contribution is 4.98. The first kappa shape index (κ1) is 13.8. The van der Waals surface area contributed by atoms with Crippen molar-refractivity contribution in [1.29, 1.82) is 5.26 Å². The average Bonchev–Trinajstić information content (AvgIpc) is 2.39. The summed E-state index contributed by atoms with van der Waals surface area (Å²) < 4.78 is 5.62. The molecule has 0 spiro atoms. The third-order valence-electron chi connectivity index (χ3n) is 4.53. The van der Waals surface area contributed by atoms with E-state index >= 15 is 0 Å². The van der Waals surface area contributed by atoms with E-state index in [-0.39, 0.29) is 5.92 Å². The molecular formula is C15H26N2O. The topological polar surface area (TPSA) is 36.3 Å². The van der Waals surface area contributed by atoms with Crippen LogP contribution in [-0.2, 0) is 4.74 Å². The van der Waals surface area contributed by atoms with Gasteiger partial charge in [0.05, 0.1) is 24.7 Å². The van der Waals surface area contributed by atoms with Gasteiger partial charge in [-0.3, -0.25) is 4.90 Å². The first-order chi connectivity index (χ1) is 8.74. The van der Waals surface area contributed by atoms with Gasteiger partial charge in [-0.05, 0) is 32.1 Å². The highest BCUT2D eigenvalue weighted by Gasteiger charge is 2.35. The van der Waals surface area contributed by atoms with Crippen molar-refractivity contribution in [1.82, 2.24) is 4.90 Å². The Balaban J connectivity index is 1.99. The molecule has 3 nitrogen and oxygen atoms in total. The van der Waals surface area contributed by atoms with E-state index in [0.29, 0.717) is 12.1 Å². The number of nitriles is 1. The quantitative estimate of drug-likeness (QED) is 0.773. The van der Waals surface area contributed by atoms with E-state index in [9.17, 15) is 5.26 Å². The summed E-state index contributed by atoms with van der Waals surface area (Å²) >= 11 is 0. The molecule has 0 bridgehead atoms. The summed E-state index contributed by atoms with van der Waals surface area (Å²) in [4.78, 5) is 2.52. The Bertz CT molecular complexity index is 299. The van der Waals surface area contributed by atoms with E-state index in [1.807, 2.05) is 0 Å². The predicted molar refractivity (Wildman–Crippen MR) is 72.1 cm³/mol. The SMILES string of the molecule is CCCC1CCC(C#N)C(N2CCOC(C)C2)C1. The molecule has 0 aromatic carbocycles. The van der Waals surface area contributed by atoms with Gasteiger partial charge in [-0.15, -0.1) is 0 Å². The van der Waals surface area contributed by atoms with Gasteiger partial charge in [0.2, 0.25) is 0 Å². The minimum Gasteiger partial charge on any atom is -0.376 e. The van der Waals surface area contributed by atoms with E-state index in [0.717, 1.165) is 32.0 Å². The summed E-state index contributed by atoms with van der Waals surface area (Å²) in [6, 6.07) is 3.02. The van der Waals surface area contributed by atoms with Crippen LogP contribution in [0.25, 0.3) is 0 Å². The second kappa shape index (κ2) is 6.54. The first-order valence-corrected chi connectivity index (χ1v) is 7.49.